The second-order valence-corrected chi connectivity index (χ2v) is 5.80. The Balaban J connectivity index is 2.10. The van der Waals surface area contributed by atoms with E-state index in [1.807, 2.05) is 31.2 Å². The van der Waals surface area contributed by atoms with Crippen LogP contribution in [0.5, 0.6) is 0 Å². The van der Waals surface area contributed by atoms with Gasteiger partial charge in [-0.25, -0.2) is 4.68 Å². The van der Waals surface area contributed by atoms with Crippen LogP contribution in [0.15, 0.2) is 24.3 Å². The van der Waals surface area contributed by atoms with Crippen molar-refractivity contribution in [2.75, 3.05) is 0 Å². The van der Waals surface area contributed by atoms with Crippen LogP contribution in [0.4, 0.5) is 0 Å². The van der Waals surface area contributed by atoms with E-state index < -0.39 is 0 Å². The Morgan fingerprint density at radius 3 is 2.75 bits per heavy atom. The summed E-state index contributed by atoms with van der Waals surface area (Å²) in [6.07, 6.45) is 5.45. The number of benzene rings is 1. The first-order valence-electron chi connectivity index (χ1n) is 7.01. The van der Waals surface area contributed by atoms with Crippen LogP contribution in [-0.4, -0.2) is 16.1 Å². The van der Waals surface area contributed by atoms with E-state index in [1.54, 1.807) is 4.68 Å². The van der Waals surface area contributed by atoms with Crippen molar-refractivity contribution in [3.63, 3.8) is 0 Å². The van der Waals surface area contributed by atoms with Crippen molar-refractivity contribution in [2.45, 2.75) is 38.5 Å². The zero-order valence-corrected chi connectivity index (χ0v) is 12.2. The van der Waals surface area contributed by atoms with E-state index in [2.05, 4.69) is 5.10 Å². The lowest BCUT2D eigenvalue weighted by Crippen LogP contribution is -2.00. The standard InChI is InChI=1S/C16H17ClN2O/c1-11-5-4-8-13(9-11)19-16(17)14(10-20)15(18-19)12-6-2-3-7-12/h4-5,8-10,12H,2-3,6-7H2,1H3. The van der Waals surface area contributed by atoms with Crippen LogP contribution in [0.3, 0.4) is 0 Å². The van der Waals surface area contributed by atoms with Crippen LogP contribution in [0.2, 0.25) is 5.15 Å². The SMILES string of the molecule is Cc1cccc(-n2nc(C3CCCC3)c(C=O)c2Cl)c1. The van der Waals surface area contributed by atoms with Crippen LogP contribution >= 0.6 is 11.6 Å². The number of hydrogen-bond donors (Lipinski definition) is 0. The molecule has 0 bridgehead atoms. The van der Waals surface area contributed by atoms with Crippen molar-refractivity contribution < 1.29 is 4.79 Å². The number of nitrogens with zero attached hydrogens (tertiary/aromatic N) is 2. The number of hydrogen-bond acceptors (Lipinski definition) is 2. The summed E-state index contributed by atoms with van der Waals surface area (Å²) in [6.45, 7) is 2.03. The smallest absolute Gasteiger partial charge is 0.155 e. The van der Waals surface area contributed by atoms with E-state index >= 15 is 0 Å². The third kappa shape index (κ3) is 2.27. The molecule has 104 valence electrons. The van der Waals surface area contributed by atoms with Crippen molar-refractivity contribution in [1.29, 1.82) is 0 Å². The van der Waals surface area contributed by atoms with Gasteiger partial charge in [0.1, 0.15) is 5.15 Å². The molecule has 1 aromatic heterocycles. The molecule has 3 nitrogen and oxygen atoms in total. The van der Waals surface area contributed by atoms with Gasteiger partial charge in [0.05, 0.1) is 16.9 Å². The molecule has 0 saturated heterocycles. The molecule has 0 unspecified atom stereocenters. The summed E-state index contributed by atoms with van der Waals surface area (Å²) < 4.78 is 1.69. The third-order valence-electron chi connectivity index (χ3n) is 4.00. The van der Waals surface area contributed by atoms with Gasteiger partial charge in [0.2, 0.25) is 0 Å². The molecule has 0 spiro atoms. The largest absolute Gasteiger partial charge is 0.298 e. The van der Waals surface area contributed by atoms with Gasteiger partial charge in [-0.1, -0.05) is 36.6 Å². The Labute approximate surface area is 123 Å². The summed E-state index contributed by atoms with van der Waals surface area (Å²) in [5.41, 5.74) is 3.47. The average molecular weight is 289 g/mol. The van der Waals surface area contributed by atoms with E-state index in [-0.39, 0.29) is 0 Å². The number of aldehydes is 1. The van der Waals surface area contributed by atoms with Crippen molar-refractivity contribution >= 4 is 17.9 Å². The molecule has 1 aliphatic rings. The number of carbonyl (C=O) groups is 1. The molecule has 1 fully saturated rings. The van der Waals surface area contributed by atoms with Gasteiger partial charge in [0.15, 0.2) is 6.29 Å². The van der Waals surface area contributed by atoms with Crippen molar-refractivity contribution in [1.82, 2.24) is 9.78 Å². The molecule has 4 heteroatoms. The molecule has 0 aliphatic heterocycles. The van der Waals surface area contributed by atoms with Crippen molar-refractivity contribution in [3.8, 4) is 5.69 Å². The predicted octanol–water partition coefficient (Wildman–Crippen LogP) is 4.30. The third-order valence-corrected chi connectivity index (χ3v) is 4.36. The average Bonchev–Trinajstić information content (AvgIpc) is 3.05. The lowest BCUT2D eigenvalue weighted by molar-refractivity contribution is 0.112. The van der Waals surface area contributed by atoms with E-state index in [1.165, 1.54) is 12.8 Å². The van der Waals surface area contributed by atoms with Gasteiger partial charge < -0.3 is 0 Å². The molecule has 2 aromatic rings. The minimum atomic E-state index is 0.374. The monoisotopic (exact) mass is 288 g/mol. The number of aromatic nitrogens is 2. The Bertz CT molecular complexity index is 642. The maximum absolute atomic E-state index is 11.4. The zero-order valence-electron chi connectivity index (χ0n) is 11.5. The highest BCUT2D eigenvalue weighted by Gasteiger charge is 2.26. The molecule has 1 aromatic carbocycles. The van der Waals surface area contributed by atoms with Crippen LogP contribution in [-0.2, 0) is 0 Å². The molecule has 0 N–H and O–H groups in total. The molecule has 3 rings (SSSR count). The Hall–Kier alpha value is -1.61. The molecular weight excluding hydrogens is 272 g/mol. The van der Waals surface area contributed by atoms with Gasteiger partial charge in [-0.2, -0.15) is 5.10 Å². The van der Waals surface area contributed by atoms with Gasteiger partial charge in [-0.3, -0.25) is 4.79 Å². The zero-order chi connectivity index (χ0) is 14.1. The molecule has 1 heterocycles. The molecule has 0 radical (unpaired) electrons. The first kappa shape index (κ1) is 13.4. The molecule has 1 saturated carbocycles. The maximum Gasteiger partial charge on any atom is 0.155 e. The van der Waals surface area contributed by atoms with Gasteiger partial charge in [-0.05, 0) is 37.5 Å². The number of carbonyl (C=O) groups excluding carboxylic acids is 1. The lowest BCUT2D eigenvalue weighted by atomic mass is 10.0. The van der Waals surface area contributed by atoms with Crippen molar-refractivity contribution in [2.24, 2.45) is 0 Å². The summed E-state index contributed by atoms with van der Waals surface area (Å²) in [4.78, 5) is 11.4. The molecule has 1 aliphatic carbocycles. The fourth-order valence-corrected chi connectivity index (χ4v) is 3.24. The first-order chi connectivity index (χ1) is 9.70. The van der Waals surface area contributed by atoms with Crippen LogP contribution in [0.1, 0.15) is 53.2 Å². The van der Waals surface area contributed by atoms with Gasteiger partial charge in [0, 0.05) is 5.92 Å². The highest BCUT2D eigenvalue weighted by atomic mass is 35.5. The minimum absolute atomic E-state index is 0.374. The Kier molecular flexibility index (Phi) is 3.62. The van der Waals surface area contributed by atoms with Crippen molar-refractivity contribution in [3.05, 3.63) is 46.2 Å². The van der Waals surface area contributed by atoms with Crippen LogP contribution < -0.4 is 0 Å². The quantitative estimate of drug-likeness (QED) is 0.789. The van der Waals surface area contributed by atoms with Crippen LogP contribution in [0.25, 0.3) is 5.69 Å². The molecular formula is C16H17ClN2O. The van der Waals surface area contributed by atoms with E-state index in [9.17, 15) is 4.79 Å². The van der Waals surface area contributed by atoms with Gasteiger partial charge in [-0.15, -0.1) is 0 Å². The summed E-state index contributed by atoms with van der Waals surface area (Å²) in [6, 6.07) is 7.97. The summed E-state index contributed by atoms with van der Waals surface area (Å²) in [5.74, 6) is 0.374. The summed E-state index contributed by atoms with van der Waals surface area (Å²) >= 11 is 6.36. The second-order valence-electron chi connectivity index (χ2n) is 5.44. The van der Waals surface area contributed by atoms with Gasteiger partial charge in [0.25, 0.3) is 0 Å². The Morgan fingerprint density at radius 2 is 2.10 bits per heavy atom. The summed E-state index contributed by atoms with van der Waals surface area (Å²) in [5, 5.41) is 5.05. The summed E-state index contributed by atoms with van der Waals surface area (Å²) in [7, 11) is 0. The van der Waals surface area contributed by atoms with E-state index in [4.69, 9.17) is 11.6 Å². The molecule has 0 amide bonds. The van der Waals surface area contributed by atoms with E-state index in [0.29, 0.717) is 16.6 Å². The lowest BCUT2D eigenvalue weighted by Gasteiger charge is -2.05. The Morgan fingerprint density at radius 1 is 1.35 bits per heavy atom. The first-order valence-corrected chi connectivity index (χ1v) is 7.39. The van der Waals surface area contributed by atoms with Gasteiger partial charge >= 0.3 is 0 Å². The van der Waals surface area contributed by atoms with E-state index in [0.717, 1.165) is 36.1 Å². The fourth-order valence-electron chi connectivity index (χ4n) is 2.97. The fraction of sp³-hybridized carbons (Fsp3) is 0.375. The predicted molar refractivity (Wildman–Crippen MR) is 79.9 cm³/mol. The number of rotatable bonds is 3. The highest BCUT2D eigenvalue weighted by Crippen LogP contribution is 2.37. The van der Waals surface area contributed by atoms with Crippen LogP contribution in [0, 0.1) is 6.92 Å². The highest BCUT2D eigenvalue weighted by molar-refractivity contribution is 6.32. The minimum Gasteiger partial charge on any atom is -0.298 e. The molecule has 0 atom stereocenters. The number of aryl methyl sites for hydroxylation is 1. The topological polar surface area (TPSA) is 34.9 Å². The maximum atomic E-state index is 11.4. The normalized spacial score (nSPS) is 15.7. The molecule has 20 heavy (non-hydrogen) atoms. The second kappa shape index (κ2) is 5.41. The number of halogens is 1.